The van der Waals surface area contributed by atoms with Crippen LogP contribution in [0.4, 0.5) is 0 Å². The summed E-state index contributed by atoms with van der Waals surface area (Å²) in [6.07, 6.45) is 4.10. The molecular formula is C14H18O3. The molecule has 0 fully saturated rings. The Balaban J connectivity index is 2.44. The van der Waals surface area contributed by atoms with E-state index in [9.17, 15) is 0 Å². The largest absolute Gasteiger partial charge is 0.493 e. The van der Waals surface area contributed by atoms with Crippen LogP contribution in [0, 0.1) is 0 Å². The quantitative estimate of drug-likeness (QED) is 0.803. The number of hydrogen-bond acceptors (Lipinski definition) is 3. The molecule has 0 aromatic heterocycles. The number of ether oxygens (including phenoxy) is 3. The molecule has 0 amide bonds. The summed E-state index contributed by atoms with van der Waals surface area (Å²) < 4.78 is 16.7. The molecule has 3 nitrogen and oxygen atoms in total. The zero-order valence-electron chi connectivity index (χ0n) is 10.7. The maximum Gasteiger partial charge on any atom is 0.164 e. The average molecular weight is 234 g/mol. The first-order valence-corrected chi connectivity index (χ1v) is 5.79. The van der Waals surface area contributed by atoms with Crippen molar-refractivity contribution >= 4 is 6.08 Å². The topological polar surface area (TPSA) is 27.7 Å². The van der Waals surface area contributed by atoms with Crippen LogP contribution in [0.25, 0.3) is 6.08 Å². The second kappa shape index (κ2) is 4.32. The zero-order valence-corrected chi connectivity index (χ0v) is 10.7. The van der Waals surface area contributed by atoms with E-state index in [2.05, 4.69) is 6.08 Å². The predicted molar refractivity (Wildman–Crippen MR) is 67.9 cm³/mol. The van der Waals surface area contributed by atoms with Crippen LogP contribution >= 0.6 is 0 Å². The highest BCUT2D eigenvalue weighted by Gasteiger charge is 2.23. The van der Waals surface area contributed by atoms with Crippen molar-refractivity contribution in [2.45, 2.75) is 26.4 Å². The van der Waals surface area contributed by atoms with Gasteiger partial charge in [0.2, 0.25) is 0 Å². The lowest BCUT2D eigenvalue weighted by Gasteiger charge is -2.28. The number of benzene rings is 1. The van der Waals surface area contributed by atoms with E-state index in [1.807, 2.05) is 39.0 Å². The Kier molecular flexibility index (Phi) is 3.01. The van der Waals surface area contributed by atoms with Gasteiger partial charge >= 0.3 is 0 Å². The van der Waals surface area contributed by atoms with Gasteiger partial charge in [-0.1, -0.05) is 6.08 Å². The van der Waals surface area contributed by atoms with E-state index in [0.29, 0.717) is 12.4 Å². The number of fused-ring (bicyclic) bond motifs is 1. The first-order valence-electron chi connectivity index (χ1n) is 5.79. The molecule has 17 heavy (non-hydrogen) atoms. The number of hydrogen-bond donors (Lipinski definition) is 0. The third-order valence-corrected chi connectivity index (χ3v) is 2.63. The summed E-state index contributed by atoms with van der Waals surface area (Å²) in [5.74, 6) is 2.29. The van der Waals surface area contributed by atoms with Crippen molar-refractivity contribution in [1.29, 1.82) is 0 Å². The summed E-state index contributed by atoms with van der Waals surface area (Å²) >= 11 is 0. The average Bonchev–Trinajstić information content (AvgIpc) is 2.28. The molecule has 3 heteroatoms. The van der Waals surface area contributed by atoms with E-state index in [1.54, 1.807) is 7.11 Å². The molecule has 1 aliphatic rings. The highest BCUT2D eigenvalue weighted by atomic mass is 16.5. The standard InChI is InChI=1S/C14H18O3/c1-5-16-13-8-10-6-7-14(2,3)17-11(10)9-12(13)15-4/h6-9H,5H2,1-4H3. The van der Waals surface area contributed by atoms with E-state index in [-0.39, 0.29) is 5.60 Å². The van der Waals surface area contributed by atoms with Gasteiger partial charge in [0.05, 0.1) is 13.7 Å². The molecule has 92 valence electrons. The molecule has 0 unspecified atom stereocenters. The van der Waals surface area contributed by atoms with Gasteiger partial charge in [-0.25, -0.2) is 0 Å². The van der Waals surface area contributed by atoms with Crippen LogP contribution in [0.15, 0.2) is 18.2 Å². The van der Waals surface area contributed by atoms with Gasteiger partial charge in [-0.2, -0.15) is 0 Å². The molecule has 0 saturated carbocycles. The maximum absolute atomic E-state index is 5.87. The van der Waals surface area contributed by atoms with Gasteiger partial charge in [-0.3, -0.25) is 0 Å². The Morgan fingerprint density at radius 1 is 1.24 bits per heavy atom. The Bertz CT molecular complexity index is 447. The fourth-order valence-electron chi connectivity index (χ4n) is 1.81. The highest BCUT2D eigenvalue weighted by Crippen LogP contribution is 2.39. The highest BCUT2D eigenvalue weighted by molar-refractivity contribution is 5.66. The summed E-state index contributed by atoms with van der Waals surface area (Å²) in [7, 11) is 1.63. The molecule has 0 N–H and O–H groups in total. The Morgan fingerprint density at radius 2 is 2.00 bits per heavy atom. The van der Waals surface area contributed by atoms with Gasteiger partial charge in [0, 0.05) is 11.6 Å². The Labute approximate surface area is 102 Å². The van der Waals surface area contributed by atoms with Crippen LogP contribution in [-0.2, 0) is 0 Å². The van der Waals surface area contributed by atoms with E-state index < -0.39 is 0 Å². The second-order valence-electron chi connectivity index (χ2n) is 4.51. The third-order valence-electron chi connectivity index (χ3n) is 2.63. The molecule has 2 rings (SSSR count). The van der Waals surface area contributed by atoms with Crippen molar-refractivity contribution in [1.82, 2.24) is 0 Å². The van der Waals surface area contributed by atoms with E-state index in [1.165, 1.54) is 0 Å². The first-order chi connectivity index (χ1) is 8.05. The first kappa shape index (κ1) is 11.8. The van der Waals surface area contributed by atoms with Crippen molar-refractivity contribution in [2.75, 3.05) is 13.7 Å². The lowest BCUT2D eigenvalue weighted by Crippen LogP contribution is -2.27. The molecule has 0 bridgehead atoms. The van der Waals surface area contributed by atoms with Gasteiger partial charge in [-0.15, -0.1) is 0 Å². The fraction of sp³-hybridized carbons (Fsp3) is 0.429. The number of rotatable bonds is 3. The summed E-state index contributed by atoms with van der Waals surface area (Å²) in [6, 6.07) is 3.83. The van der Waals surface area contributed by atoms with Crippen molar-refractivity contribution in [2.24, 2.45) is 0 Å². The van der Waals surface area contributed by atoms with Gasteiger partial charge in [0.1, 0.15) is 11.4 Å². The second-order valence-corrected chi connectivity index (χ2v) is 4.51. The summed E-state index contributed by atoms with van der Waals surface area (Å²) in [5.41, 5.74) is 0.749. The molecule has 1 aromatic carbocycles. The molecule has 1 aliphatic heterocycles. The van der Waals surface area contributed by atoms with Crippen LogP contribution in [0.3, 0.4) is 0 Å². The van der Waals surface area contributed by atoms with E-state index in [4.69, 9.17) is 14.2 Å². The minimum absolute atomic E-state index is 0.273. The van der Waals surface area contributed by atoms with Crippen molar-refractivity contribution < 1.29 is 14.2 Å². The van der Waals surface area contributed by atoms with Crippen LogP contribution in [-0.4, -0.2) is 19.3 Å². The molecule has 1 heterocycles. The molecule has 0 radical (unpaired) electrons. The van der Waals surface area contributed by atoms with E-state index >= 15 is 0 Å². The molecule has 0 atom stereocenters. The van der Waals surface area contributed by atoms with Crippen LogP contribution < -0.4 is 14.2 Å². The fourth-order valence-corrected chi connectivity index (χ4v) is 1.81. The molecule has 0 spiro atoms. The Hall–Kier alpha value is -1.64. The van der Waals surface area contributed by atoms with Gasteiger partial charge in [0.15, 0.2) is 11.5 Å². The molecule has 1 aromatic rings. The molecular weight excluding hydrogens is 216 g/mol. The van der Waals surface area contributed by atoms with Crippen molar-refractivity contribution in [3.8, 4) is 17.2 Å². The Morgan fingerprint density at radius 3 is 2.65 bits per heavy atom. The van der Waals surface area contributed by atoms with E-state index in [0.717, 1.165) is 17.1 Å². The van der Waals surface area contributed by atoms with Gasteiger partial charge in [0.25, 0.3) is 0 Å². The summed E-state index contributed by atoms with van der Waals surface area (Å²) in [6.45, 7) is 6.62. The van der Waals surface area contributed by atoms with Gasteiger partial charge in [-0.05, 0) is 32.9 Å². The predicted octanol–water partition coefficient (Wildman–Crippen LogP) is 3.28. The van der Waals surface area contributed by atoms with Crippen LogP contribution in [0.1, 0.15) is 26.3 Å². The minimum atomic E-state index is -0.273. The summed E-state index contributed by atoms with van der Waals surface area (Å²) in [4.78, 5) is 0. The SMILES string of the molecule is CCOc1cc2c(cc1OC)OC(C)(C)C=C2. The summed E-state index contributed by atoms with van der Waals surface area (Å²) in [5, 5.41) is 0. The maximum atomic E-state index is 5.87. The smallest absolute Gasteiger partial charge is 0.164 e. The lowest BCUT2D eigenvalue weighted by molar-refractivity contribution is 0.158. The third kappa shape index (κ3) is 2.38. The normalized spacial score (nSPS) is 16.0. The molecule has 0 aliphatic carbocycles. The zero-order chi connectivity index (χ0) is 12.5. The van der Waals surface area contributed by atoms with Crippen molar-refractivity contribution in [3.05, 3.63) is 23.8 Å². The van der Waals surface area contributed by atoms with Crippen LogP contribution in [0.5, 0.6) is 17.2 Å². The number of methoxy groups -OCH3 is 1. The van der Waals surface area contributed by atoms with Crippen molar-refractivity contribution in [3.63, 3.8) is 0 Å². The monoisotopic (exact) mass is 234 g/mol. The molecule has 0 saturated heterocycles. The minimum Gasteiger partial charge on any atom is -0.493 e. The lowest BCUT2D eigenvalue weighted by atomic mass is 10.0. The van der Waals surface area contributed by atoms with Gasteiger partial charge < -0.3 is 14.2 Å². The van der Waals surface area contributed by atoms with Crippen LogP contribution in [0.2, 0.25) is 0 Å².